The maximum Gasteiger partial charge on any atom is 0.318 e. The van der Waals surface area contributed by atoms with Crippen molar-refractivity contribution in [3.05, 3.63) is 47.8 Å². The number of nitrogens with one attached hydrogen (secondary N) is 1. The van der Waals surface area contributed by atoms with Gasteiger partial charge in [-0.3, -0.25) is 0 Å². The minimum Gasteiger partial charge on any atom is -0.334 e. The smallest absolute Gasteiger partial charge is 0.318 e. The van der Waals surface area contributed by atoms with E-state index < -0.39 is 0 Å². The molecule has 136 valence electrons. The van der Waals surface area contributed by atoms with E-state index in [1.165, 1.54) is 0 Å². The zero-order valence-corrected chi connectivity index (χ0v) is 15.2. The van der Waals surface area contributed by atoms with E-state index in [2.05, 4.69) is 27.1 Å². The van der Waals surface area contributed by atoms with Gasteiger partial charge < -0.3 is 15.1 Å². The molecule has 4 rings (SSSR count). The summed E-state index contributed by atoms with van der Waals surface area (Å²) >= 11 is 0. The van der Waals surface area contributed by atoms with Gasteiger partial charge >= 0.3 is 6.03 Å². The Kier molecular flexibility index (Phi) is 4.84. The summed E-state index contributed by atoms with van der Waals surface area (Å²) in [6.07, 6.45) is 4.06. The molecule has 0 aliphatic carbocycles. The predicted octanol–water partition coefficient (Wildman–Crippen LogP) is 2.65. The van der Waals surface area contributed by atoms with Gasteiger partial charge in [0.05, 0.1) is 18.8 Å². The second-order valence-electron chi connectivity index (χ2n) is 7.07. The number of urea groups is 1. The van der Waals surface area contributed by atoms with Crippen molar-refractivity contribution in [1.82, 2.24) is 25.1 Å². The van der Waals surface area contributed by atoms with Gasteiger partial charge in [-0.05, 0) is 25.9 Å². The number of amides is 2. The molecule has 1 fully saturated rings. The van der Waals surface area contributed by atoms with Gasteiger partial charge in [0.15, 0.2) is 5.82 Å². The Morgan fingerprint density at radius 2 is 2.12 bits per heavy atom. The van der Waals surface area contributed by atoms with Gasteiger partial charge in [0.2, 0.25) is 0 Å². The third-order valence-corrected chi connectivity index (χ3v) is 5.26. The minimum atomic E-state index is 0.00668. The Labute approximate surface area is 154 Å². The van der Waals surface area contributed by atoms with Crippen LogP contribution in [0.5, 0.6) is 0 Å². The SMILES string of the molecule is CCN1CCC[C@@H](NC(=O)N2Cc3cnc(-c4ccccc4)nc3C2)C1. The monoisotopic (exact) mass is 351 g/mol. The molecule has 2 amide bonds. The molecule has 0 radical (unpaired) electrons. The van der Waals surface area contributed by atoms with Crippen LogP contribution in [0.3, 0.4) is 0 Å². The lowest BCUT2D eigenvalue weighted by Crippen LogP contribution is -2.50. The number of aromatic nitrogens is 2. The van der Waals surface area contributed by atoms with E-state index in [1.54, 1.807) is 0 Å². The number of carbonyl (C=O) groups is 1. The number of hydrogen-bond acceptors (Lipinski definition) is 4. The highest BCUT2D eigenvalue weighted by molar-refractivity contribution is 5.75. The first-order chi connectivity index (χ1) is 12.7. The van der Waals surface area contributed by atoms with E-state index in [0.717, 1.165) is 55.1 Å². The standard InChI is InChI=1S/C20H25N5O/c1-2-24-10-6-9-17(13-24)22-20(26)25-12-16-11-21-19(23-18(16)14-25)15-7-4-3-5-8-15/h3-5,7-8,11,17H,2,6,9-10,12-14H2,1H3,(H,22,26)/t17-/m1/s1. The molecular formula is C20H25N5O. The van der Waals surface area contributed by atoms with E-state index in [0.29, 0.717) is 13.1 Å². The lowest BCUT2D eigenvalue weighted by molar-refractivity contribution is 0.170. The number of likely N-dealkylation sites (N-methyl/N-ethyl adjacent to an activating group) is 1. The van der Waals surface area contributed by atoms with E-state index in [9.17, 15) is 4.79 Å². The van der Waals surface area contributed by atoms with Crippen molar-refractivity contribution in [3.8, 4) is 11.4 Å². The van der Waals surface area contributed by atoms with Crippen LogP contribution in [0.15, 0.2) is 36.5 Å². The van der Waals surface area contributed by atoms with E-state index in [1.807, 2.05) is 41.4 Å². The first kappa shape index (κ1) is 17.0. The van der Waals surface area contributed by atoms with E-state index >= 15 is 0 Å². The molecule has 0 saturated carbocycles. The fourth-order valence-corrected chi connectivity index (χ4v) is 3.75. The van der Waals surface area contributed by atoms with Crippen molar-refractivity contribution in [3.63, 3.8) is 0 Å². The molecule has 0 unspecified atom stereocenters. The summed E-state index contributed by atoms with van der Waals surface area (Å²) in [4.78, 5) is 26.1. The third-order valence-electron chi connectivity index (χ3n) is 5.26. The van der Waals surface area contributed by atoms with Gasteiger partial charge in [0, 0.05) is 29.9 Å². The fourth-order valence-electron chi connectivity index (χ4n) is 3.75. The molecule has 1 aromatic carbocycles. The van der Waals surface area contributed by atoms with Crippen LogP contribution >= 0.6 is 0 Å². The number of likely N-dealkylation sites (tertiary alicyclic amines) is 1. The number of nitrogens with zero attached hydrogens (tertiary/aromatic N) is 4. The maximum atomic E-state index is 12.7. The number of benzene rings is 1. The first-order valence-corrected chi connectivity index (χ1v) is 9.41. The van der Waals surface area contributed by atoms with Crippen LogP contribution in [0.2, 0.25) is 0 Å². The number of piperidine rings is 1. The van der Waals surface area contributed by atoms with Crippen LogP contribution in [0.25, 0.3) is 11.4 Å². The topological polar surface area (TPSA) is 61.4 Å². The van der Waals surface area contributed by atoms with Crippen molar-refractivity contribution < 1.29 is 4.79 Å². The summed E-state index contributed by atoms with van der Waals surface area (Å²) in [5, 5.41) is 3.20. The molecule has 26 heavy (non-hydrogen) atoms. The molecule has 0 spiro atoms. The molecular weight excluding hydrogens is 326 g/mol. The Hall–Kier alpha value is -2.47. The molecule has 3 heterocycles. The van der Waals surface area contributed by atoms with Crippen molar-refractivity contribution in [1.29, 1.82) is 0 Å². The largest absolute Gasteiger partial charge is 0.334 e. The van der Waals surface area contributed by atoms with Crippen molar-refractivity contribution in [2.75, 3.05) is 19.6 Å². The van der Waals surface area contributed by atoms with E-state index in [4.69, 9.17) is 0 Å². The first-order valence-electron chi connectivity index (χ1n) is 9.41. The van der Waals surface area contributed by atoms with Crippen molar-refractivity contribution >= 4 is 6.03 Å². The van der Waals surface area contributed by atoms with Crippen LogP contribution in [0, 0.1) is 0 Å². The van der Waals surface area contributed by atoms with Gasteiger partial charge in [-0.25, -0.2) is 14.8 Å². The molecule has 2 aliphatic rings. The zero-order valence-electron chi connectivity index (χ0n) is 15.2. The second kappa shape index (κ2) is 7.41. The predicted molar refractivity (Wildman–Crippen MR) is 100 cm³/mol. The Morgan fingerprint density at radius 1 is 1.27 bits per heavy atom. The highest BCUT2D eigenvalue weighted by Gasteiger charge is 2.28. The van der Waals surface area contributed by atoms with Crippen LogP contribution in [0.4, 0.5) is 4.79 Å². The van der Waals surface area contributed by atoms with Gasteiger partial charge in [-0.2, -0.15) is 0 Å². The minimum absolute atomic E-state index is 0.00668. The average Bonchev–Trinajstić information content (AvgIpc) is 3.12. The molecule has 0 bridgehead atoms. The molecule has 1 N–H and O–H groups in total. The van der Waals surface area contributed by atoms with Gasteiger partial charge in [0.1, 0.15) is 0 Å². The third kappa shape index (κ3) is 3.55. The number of carbonyl (C=O) groups excluding carboxylic acids is 1. The molecule has 6 heteroatoms. The number of hydrogen-bond donors (Lipinski definition) is 1. The van der Waals surface area contributed by atoms with Gasteiger partial charge in [0.25, 0.3) is 0 Å². The Balaban J connectivity index is 1.41. The molecule has 2 aliphatic heterocycles. The average molecular weight is 351 g/mol. The lowest BCUT2D eigenvalue weighted by Gasteiger charge is -2.33. The quantitative estimate of drug-likeness (QED) is 0.923. The molecule has 2 aromatic rings. The molecule has 6 nitrogen and oxygen atoms in total. The summed E-state index contributed by atoms with van der Waals surface area (Å²) < 4.78 is 0. The zero-order chi connectivity index (χ0) is 17.9. The van der Waals surface area contributed by atoms with Crippen LogP contribution < -0.4 is 5.32 Å². The Bertz CT molecular complexity index is 779. The fraction of sp³-hybridized carbons (Fsp3) is 0.450. The molecule has 1 saturated heterocycles. The van der Waals surface area contributed by atoms with Crippen LogP contribution in [0.1, 0.15) is 31.0 Å². The van der Waals surface area contributed by atoms with Crippen LogP contribution in [-0.4, -0.2) is 51.5 Å². The molecule has 1 aromatic heterocycles. The highest BCUT2D eigenvalue weighted by atomic mass is 16.2. The Morgan fingerprint density at radius 3 is 2.92 bits per heavy atom. The normalized spacial score (nSPS) is 20.0. The van der Waals surface area contributed by atoms with Crippen LogP contribution in [-0.2, 0) is 13.1 Å². The summed E-state index contributed by atoms with van der Waals surface area (Å²) in [5.74, 6) is 0.720. The maximum absolute atomic E-state index is 12.7. The van der Waals surface area contributed by atoms with Gasteiger partial charge in [-0.1, -0.05) is 37.3 Å². The highest BCUT2D eigenvalue weighted by Crippen LogP contribution is 2.23. The van der Waals surface area contributed by atoms with Crippen molar-refractivity contribution in [2.24, 2.45) is 0 Å². The number of fused-ring (bicyclic) bond motifs is 1. The van der Waals surface area contributed by atoms with Gasteiger partial charge in [-0.15, -0.1) is 0 Å². The lowest BCUT2D eigenvalue weighted by atomic mass is 10.1. The summed E-state index contributed by atoms with van der Waals surface area (Å²) in [7, 11) is 0. The summed E-state index contributed by atoms with van der Waals surface area (Å²) in [5.41, 5.74) is 2.99. The summed E-state index contributed by atoms with van der Waals surface area (Å²) in [6, 6.07) is 10.2. The second-order valence-corrected chi connectivity index (χ2v) is 7.07. The van der Waals surface area contributed by atoms with E-state index in [-0.39, 0.29) is 12.1 Å². The number of rotatable bonds is 3. The molecule has 1 atom stereocenters. The van der Waals surface area contributed by atoms with Crippen molar-refractivity contribution in [2.45, 2.75) is 38.9 Å². The summed E-state index contributed by atoms with van der Waals surface area (Å²) in [6.45, 7) is 6.43.